The standard InChI is InChI=1S/C17H30N4O3/c1-5-23-14-7-8-16(24-6-2)15(13-14)20-17(18)19-9-10-21(3)11-12-22-4/h7-8,13H,5-6,9-12H2,1-4H3,(H3,18,19,20). The molecule has 0 aliphatic rings. The molecule has 24 heavy (non-hydrogen) atoms. The van der Waals surface area contributed by atoms with Crippen molar-refractivity contribution in [2.75, 3.05) is 58.9 Å². The highest BCUT2D eigenvalue weighted by Gasteiger charge is 2.07. The Labute approximate surface area is 144 Å². The van der Waals surface area contributed by atoms with Gasteiger partial charge in [0, 0.05) is 26.3 Å². The summed E-state index contributed by atoms with van der Waals surface area (Å²) in [4.78, 5) is 6.49. The minimum absolute atomic E-state index is 0.352. The molecule has 3 N–H and O–H groups in total. The molecule has 1 aromatic carbocycles. The van der Waals surface area contributed by atoms with Crippen LogP contribution in [0.4, 0.5) is 5.69 Å². The number of anilines is 1. The number of hydrogen-bond acceptors (Lipinski definition) is 5. The van der Waals surface area contributed by atoms with Gasteiger partial charge in [0.15, 0.2) is 5.96 Å². The van der Waals surface area contributed by atoms with Gasteiger partial charge in [-0.2, -0.15) is 0 Å². The molecular weight excluding hydrogens is 308 g/mol. The summed E-state index contributed by atoms with van der Waals surface area (Å²) in [5.41, 5.74) is 6.73. The Morgan fingerprint density at radius 1 is 1.21 bits per heavy atom. The van der Waals surface area contributed by atoms with Crippen LogP contribution in [0.25, 0.3) is 0 Å². The molecule has 0 aliphatic carbocycles. The van der Waals surface area contributed by atoms with Crippen LogP contribution in [-0.2, 0) is 4.74 Å². The van der Waals surface area contributed by atoms with E-state index in [-0.39, 0.29) is 0 Å². The van der Waals surface area contributed by atoms with Crippen LogP contribution >= 0.6 is 0 Å². The van der Waals surface area contributed by atoms with Crippen molar-refractivity contribution in [3.05, 3.63) is 18.2 Å². The van der Waals surface area contributed by atoms with Gasteiger partial charge in [-0.05, 0) is 33.0 Å². The van der Waals surface area contributed by atoms with E-state index in [0.29, 0.717) is 32.3 Å². The molecule has 0 saturated carbocycles. The molecule has 7 nitrogen and oxygen atoms in total. The number of hydrogen-bond donors (Lipinski definition) is 2. The molecule has 1 aromatic rings. The Hall–Kier alpha value is -1.99. The lowest BCUT2D eigenvalue weighted by molar-refractivity contribution is 0.163. The first-order chi connectivity index (χ1) is 11.6. The highest BCUT2D eigenvalue weighted by atomic mass is 16.5. The first-order valence-electron chi connectivity index (χ1n) is 8.24. The maximum absolute atomic E-state index is 5.98. The van der Waals surface area contributed by atoms with Crippen LogP contribution < -0.4 is 20.5 Å². The van der Waals surface area contributed by atoms with Crippen molar-refractivity contribution in [3.8, 4) is 11.5 Å². The predicted molar refractivity (Wildman–Crippen MR) is 98.3 cm³/mol. The van der Waals surface area contributed by atoms with Crippen molar-refractivity contribution in [2.24, 2.45) is 10.7 Å². The summed E-state index contributed by atoms with van der Waals surface area (Å²) in [6.45, 7) is 8.04. The lowest BCUT2D eigenvalue weighted by Gasteiger charge is -2.15. The Morgan fingerprint density at radius 2 is 1.96 bits per heavy atom. The smallest absolute Gasteiger partial charge is 0.193 e. The van der Waals surface area contributed by atoms with Crippen LogP contribution in [0.5, 0.6) is 11.5 Å². The molecule has 0 saturated heterocycles. The number of benzene rings is 1. The van der Waals surface area contributed by atoms with Gasteiger partial charge in [0.1, 0.15) is 11.5 Å². The molecule has 0 fully saturated rings. The van der Waals surface area contributed by atoms with Crippen molar-refractivity contribution in [3.63, 3.8) is 0 Å². The predicted octanol–water partition coefficient (Wildman–Crippen LogP) is 1.79. The number of likely N-dealkylation sites (N-methyl/N-ethyl adjacent to an activating group) is 1. The third-order valence-electron chi connectivity index (χ3n) is 3.27. The van der Waals surface area contributed by atoms with E-state index >= 15 is 0 Å². The van der Waals surface area contributed by atoms with Gasteiger partial charge in [-0.25, -0.2) is 0 Å². The Kier molecular flexibility index (Phi) is 9.64. The highest BCUT2D eigenvalue weighted by Crippen LogP contribution is 2.29. The molecule has 0 aliphatic heterocycles. The summed E-state index contributed by atoms with van der Waals surface area (Å²) in [7, 11) is 3.72. The van der Waals surface area contributed by atoms with Crippen LogP contribution in [0.15, 0.2) is 23.2 Å². The van der Waals surface area contributed by atoms with Gasteiger partial charge in [-0.15, -0.1) is 0 Å². The molecule has 0 spiro atoms. The van der Waals surface area contributed by atoms with E-state index in [2.05, 4.69) is 15.2 Å². The van der Waals surface area contributed by atoms with Crippen molar-refractivity contribution < 1.29 is 14.2 Å². The van der Waals surface area contributed by atoms with Crippen molar-refractivity contribution in [1.82, 2.24) is 4.90 Å². The topological polar surface area (TPSA) is 81.3 Å². The third-order valence-corrected chi connectivity index (χ3v) is 3.27. The summed E-state index contributed by atoms with van der Waals surface area (Å²) in [6, 6.07) is 5.60. The molecular formula is C17H30N4O3. The minimum Gasteiger partial charge on any atom is -0.494 e. The zero-order valence-electron chi connectivity index (χ0n) is 15.2. The molecule has 0 unspecified atom stereocenters. The van der Waals surface area contributed by atoms with E-state index < -0.39 is 0 Å². The lowest BCUT2D eigenvalue weighted by Crippen LogP contribution is -2.28. The summed E-state index contributed by atoms with van der Waals surface area (Å²) in [5.74, 6) is 1.83. The Balaban J connectivity index is 2.64. The number of nitrogens with two attached hydrogens (primary N) is 1. The maximum atomic E-state index is 5.98. The molecule has 1 rings (SSSR count). The zero-order valence-corrected chi connectivity index (χ0v) is 15.2. The molecule has 0 heterocycles. The van der Waals surface area contributed by atoms with E-state index in [4.69, 9.17) is 19.9 Å². The fourth-order valence-electron chi connectivity index (χ4n) is 2.02. The monoisotopic (exact) mass is 338 g/mol. The highest BCUT2D eigenvalue weighted by molar-refractivity contribution is 5.94. The van der Waals surface area contributed by atoms with E-state index in [1.54, 1.807) is 7.11 Å². The van der Waals surface area contributed by atoms with Crippen LogP contribution in [0.3, 0.4) is 0 Å². The average molecular weight is 338 g/mol. The Morgan fingerprint density at radius 3 is 2.62 bits per heavy atom. The van der Waals surface area contributed by atoms with Gasteiger partial charge >= 0.3 is 0 Å². The summed E-state index contributed by atoms with van der Waals surface area (Å²) >= 11 is 0. The zero-order chi connectivity index (χ0) is 17.8. The second kappa shape index (κ2) is 11.5. The van der Waals surface area contributed by atoms with Gasteiger partial charge < -0.3 is 30.2 Å². The molecule has 0 atom stereocenters. The fraction of sp³-hybridized carbons (Fsp3) is 0.588. The number of methoxy groups -OCH3 is 1. The van der Waals surface area contributed by atoms with Crippen LogP contribution in [0.1, 0.15) is 13.8 Å². The quantitative estimate of drug-likeness (QED) is 0.473. The number of aliphatic imine (C=N–C) groups is 1. The minimum atomic E-state index is 0.352. The second-order valence-corrected chi connectivity index (χ2v) is 5.21. The summed E-state index contributed by atoms with van der Waals surface area (Å²) < 4.78 is 16.2. The molecule has 0 radical (unpaired) electrons. The second-order valence-electron chi connectivity index (χ2n) is 5.21. The van der Waals surface area contributed by atoms with Crippen molar-refractivity contribution >= 4 is 11.6 Å². The van der Waals surface area contributed by atoms with Gasteiger partial charge in [-0.1, -0.05) is 0 Å². The van der Waals surface area contributed by atoms with Gasteiger partial charge in [0.2, 0.25) is 0 Å². The SMILES string of the molecule is CCOc1ccc(OCC)c(NC(N)=NCCN(C)CCOC)c1. The van der Waals surface area contributed by atoms with Gasteiger partial charge in [0.05, 0.1) is 32.1 Å². The number of guanidine groups is 1. The molecule has 0 aromatic heterocycles. The summed E-state index contributed by atoms with van der Waals surface area (Å²) in [5, 5.41) is 3.09. The number of rotatable bonds is 11. The summed E-state index contributed by atoms with van der Waals surface area (Å²) in [6.07, 6.45) is 0. The first kappa shape index (κ1) is 20.1. The normalized spacial score (nSPS) is 11.6. The van der Waals surface area contributed by atoms with E-state index in [9.17, 15) is 0 Å². The fourth-order valence-corrected chi connectivity index (χ4v) is 2.02. The van der Waals surface area contributed by atoms with Crippen LogP contribution in [0.2, 0.25) is 0 Å². The van der Waals surface area contributed by atoms with Crippen molar-refractivity contribution in [2.45, 2.75) is 13.8 Å². The largest absolute Gasteiger partial charge is 0.494 e. The van der Waals surface area contributed by atoms with E-state index in [1.807, 2.05) is 39.1 Å². The maximum Gasteiger partial charge on any atom is 0.193 e. The molecule has 0 amide bonds. The van der Waals surface area contributed by atoms with Gasteiger partial charge in [-0.3, -0.25) is 4.99 Å². The van der Waals surface area contributed by atoms with Gasteiger partial charge in [0.25, 0.3) is 0 Å². The third kappa shape index (κ3) is 7.52. The van der Waals surface area contributed by atoms with Crippen LogP contribution in [0, 0.1) is 0 Å². The molecule has 136 valence electrons. The van der Waals surface area contributed by atoms with E-state index in [0.717, 1.165) is 30.3 Å². The number of nitrogens with one attached hydrogen (secondary N) is 1. The average Bonchev–Trinajstić information content (AvgIpc) is 2.55. The number of ether oxygens (including phenoxy) is 3. The Bertz CT molecular complexity index is 509. The van der Waals surface area contributed by atoms with E-state index in [1.165, 1.54) is 0 Å². The lowest BCUT2D eigenvalue weighted by atomic mass is 10.2. The molecule has 0 bridgehead atoms. The number of nitrogens with zero attached hydrogens (tertiary/aromatic N) is 2. The first-order valence-corrected chi connectivity index (χ1v) is 8.24. The van der Waals surface area contributed by atoms with Crippen LogP contribution in [-0.4, -0.2) is 64.5 Å². The molecule has 7 heteroatoms. The van der Waals surface area contributed by atoms with Crippen molar-refractivity contribution in [1.29, 1.82) is 0 Å².